The third-order valence-corrected chi connectivity index (χ3v) is 4.64. The van der Waals surface area contributed by atoms with E-state index in [0.29, 0.717) is 33.7 Å². The van der Waals surface area contributed by atoms with Gasteiger partial charge in [0.05, 0.1) is 36.0 Å². The van der Waals surface area contributed by atoms with Crippen molar-refractivity contribution in [3.8, 4) is 11.5 Å². The second-order valence-electron chi connectivity index (χ2n) is 5.89. The Morgan fingerprint density at radius 1 is 1.07 bits per heavy atom. The lowest BCUT2D eigenvalue weighted by molar-refractivity contribution is 0.405. The fourth-order valence-corrected chi connectivity index (χ4v) is 3.27. The summed E-state index contributed by atoms with van der Waals surface area (Å²) in [5.74, 6) is 2.55. The number of hydrogen-bond donors (Lipinski definition) is 1. The lowest BCUT2D eigenvalue weighted by Crippen LogP contribution is -2.03. The maximum Gasteiger partial charge on any atom is 0.204 e. The molecule has 0 aliphatic heterocycles. The van der Waals surface area contributed by atoms with Gasteiger partial charge in [-0.25, -0.2) is 4.98 Å². The van der Waals surface area contributed by atoms with Crippen molar-refractivity contribution in [2.24, 2.45) is 0 Å². The number of halogens is 1. The van der Waals surface area contributed by atoms with Gasteiger partial charge >= 0.3 is 0 Å². The van der Waals surface area contributed by atoms with E-state index in [-0.39, 0.29) is 0 Å². The zero-order valence-electron chi connectivity index (χ0n) is 15.2. The molecule has 0 unspecified atom stereocenters. The van der Waals surface area contributed by atoms with Gasteiger partial charge in [-0.05, 0) is 12.1 Å². The number of rotatable bonds is 5. The van der Waals surface area contributed by atoms with Crippen LogP contribution in [-0.4, -0.2) is 33.8 Å². The van der Waals surface area contributed by atoms with Gasteiger partial charge in [0.15, 0.2) is 5.82 Å². The third kappa shape index (κ3) is 2.90. The average Bonchev–Trinajstić information content (AvgIpc) is 3.13. The minimum atomic E-state index is 0.465. The van der Waals surface area contributed by atoms with Crippen LogP contribution in [-0.2, 0) is 6.42 Å². The van der Waals surface area contributed by atoms with Crippen molar-refractivity contribution >= 4 is 39.8 Å². The van der Waals surface area contributed by atoms with Crippen molar-refractivity contribution in [1.29, 1.82) is 0 Å². The van der Waals surface area contributed by atoms with E-state index in [9.17, 15) is 0 Å². The molecule has 2 heterocycles. The highest BCUT2D eigenvalue weighted by atomic mass is 35.5. The number of ether oxygens (including phenoxy) is 2. The van der Waals surface area contributed by atoms with Crippen molar-refractivity contribution in [2.75, 3.05) is 19.5 Å². The minimum Gasteiger partial charge on any atom is -0.495 e. The zero-order valence-corrected chi connectivity index (χ0v) is 15.9. The normalized spacial score (nSPS) is 11.1. The fourth-order valence-electron chi connectivity index (χ4n) is 3.04. The van der Waals surface area contributed by atoms with Gasteiger partial charge in [-0.15, -0.1) is 10.2 Å². The summed E-state index contributed by atoms with van der Waals surface area (Å²) in [4.78, 5) is 4.74. The highest BCUT2D eigenvalue weighted by Crippen LogP contribution is 2.38. The molecule has 0 saturated heterocycles. The van der Waals surface area contributed by atoms with Gasteiger partial charge in [0.25, 0.3) is 0 Å². The Labute approximate surface area is 160 Å². The van der Waals surface area contributed by atoms with E-state index in [1.54, 1.807) is 26.4 Å². The Balaban J connectivity index is 1.93. The lowest BCUT2D eigenvalue weighted by atomic mass is 10.2. The molecule has 2 aromatic carbocycles. The number of aryl methyl sites for hydroxylation is 1. The van der Waals surface area contributed by atoms with E-state index in [4.69, 9.17) is 26.1 Å². The molecule has 138 valence electrons. The van der Waals surface area contributed by atoms with Gasteiger partial charge in [0, 0.05) is 18.6 Å². The molecule has 0 bridgehead atoms. The highest BCUT2D eigenvalue weighted by molar-refractivity contribution is 6.32. The number of hydrogen-bond acceptors (Lipinski definition) is 6. The first-order valence-electron chi connectivity index (χ1n) is 8.47. The van der Waals surface area contributed by atoms with Crippen LogP contribution >= 0.6 is 11.6 Å². The van der Waals surface area contributed by atoms with E-state index in [2.05, 4.69) is 15.5 Å². The molecule has 4 aromatic rings. The van der Waals surface area contributed by atoms with Crippen LogP contribution in [0.2, 0.25) is 5.02 Å². The first-order valence-corrected chi connectivity index (χ1v) is 8.85. The largest absolute Gasteiger partial charge is 0.495 e. The van der Waals surface area contributed by atoms with Crippen LogP contribution < -0.4 is 14.8 Å². The van der Waals surface area contributed by atoms with Crippen LogP contribution in [0.15, 0.2) is 36.4 Å². The molecule has 0 spiro atoms. The number of aromatic nitrogens is 4. The number of nitrogens with zero attached hydrogens (tertiary/aromatic N) is 4. The number of benzene rings is 2. The van der Waals surface area contributed by atoms with Gasteiger partial charge in [0.2, 0.25) is 5.65 Å². The summed E-state index contributed by atoms with van der Waals surface area (Å²) in [6, 6.07) is 11.4. The summed E-state index contributed by atoms with van der Waals surface area (Å²) in [5.41, 5.74) is 3.11. The van der Waals surface area contributed by atoms with Gasteiger partial charge in [-0.1, -0.05) is 30.7 Å². The summed E-state index contributed by atoms with van der Waals surface area (Å²) in [5, 5.41) is 12.4. The molecule has 8 heteroatoms. The van der Waals surface area contributed by atoms with Gasteiger partial charge in [-0.3, -0.25) is 4.40 Å². The molecule has 7 nitrogen and oxygen atoms in total. The standard InChI is InChI=1S/C19H18ClN5O2/c1-4-17-23-24-19-18(21-12-7-5-6-8-14(12)25(17)19)22-13-10-15(26-2)11(20)9-16(13)27-3/h5-10H,4H2,1-3H3,(H,21,22). The number of fused-ring (bicyclic) bond motifs is 3. The molecule has 0 atom stereocenters. The number of anilines is 2. The lowest BCUT2D eigenvalue weighted by Gasteiger charge is -2.14. The van der Waals surface area contributed by atoms with Crippen LogP contribution in [0.3, 0.4) is 0 Å². The minimum absolute atomic E-state index is 0.465. The Kier molecular flexibility index (Phi) is 4.45. The Morgan fingerprint density at radius 3 is 2.59 bits per heavy atom. The predicted molar refractivity (Wildman–Crippen MR) is 106 cm³/mol. The summed E-state index contributed by atoms with van der Waals surface area (Å²) in [6.45, 7) is 2.05. The number of methoxy groups -OCH3 is 2. The summed E-state index contributed by atoms with van der Waals surface area (Å²) in [6.07, 6.45) is 0.757. The molecule has 0 aliphatic rings. The Hall–Kier alpha value is -3.06. The van der Waals surface area contributed by atoms with Crippen LogP contribution in [0.4, 0.5) is 11.5 Å². The molecule has 0 amide bonds. The summed E-state index contributed by atoms with van der Waals surface area (Å²) < 4.78 is 12.8. The first-order chi connectivity index (χ1) is 13.2. The topological polar surface area (TPSA) is 73.6 Å². The zero-order chi connectivity index (χ0) is 19.0. The van der Waals surface area contributed by atoms with Crippen molar-refractivity contribution in [1.82, 2.24) is 19.6 Å². The van der Waals surface area contributed by atoms with Crippen molar-refractivity contribution in [3.63, 3.8) is 0 Å². The Morgan fingerprint density at radius 2 is 1.85 bits per heavy atom. The monoisotopic (exact) mass is 383 g/mol. The van der Waals surface area contributed by atoms with Crippen LogP contribution in [0.5, 0.6) is 11.5 Å². The quantitative estimate of drug-likeness (QED) is 0.555. The maximum atomic E-state index is 6.20. The second-order valence-corrected chi connectivity index (χ2v) is 6.30. The Bertz CT molecular complexity index is 1140. The van der Waals surface area contributed by atoms with Gasteiger partial charge in [0.1, 0.15) is 17.3 Å². The number of para-hydroxylation sites is 2. The summed E-state index contributed by atoms with van der Waals surface area (Å²) >= 11 is 6.20. The van der Waals surface area contributed by atoms with Crippen molar-refractivity contribution < 1.29 is 9.47 Å². The van der Waals surface area contributed by atoms with E-state index in [1.165, 1.54) is 0 Å². The van der Waals surface area contributed by atoms with E-state index in [1.807, 2.05) is 35.6 Å². The molecule has 0 fully saturated rings. The van der Waals surface area contributed by atoms with E-state index >= 15 is 0 Å². The predicted octanol–water partition coefficient (Wildman–Crippen LogP) is 4.25. The molecule has 0 radical (unpaired) electrons. The molecule has 4 rings (SSSR count). The second kappa shape index (κ2) is 6.92. The summed E-state index contributed by atoms with van der Waals surface area (Å²) in [7, 11) is 3.15. The van der Waals surface area contributed by atoms with Crippen molar-refractivity contribution in [3.05, 3.63) is 47.2 Å². The molecular weight excluding hydrogens is 366 g/mol. The van der Waals surface area contributed by atoms with Gasteiger partial charge in [-0.2, -0.15) is 0 Å². The molecule has 0 aliphatic carbocycles. The van der Waals surface area contributed by atoms with E-state index < -0.39 is 0 Å². The molecule has 27 heavy (non-hydrogen) atoms. The molecule has 2 aromatic heterocycles. The molecule has 0 saturated carbocycles. The number of nitrogens with one attached hydrogen (secondary N) is 1. The SMILES string of the molecule is CCc1nnc2c(Nc3cc(OC)c(Cl)cc3OC)nc3ccccc3n12. The molecular formula is C19H18ClN5O2. The van der Waals surface area contributed by atoms with Crippen molar-refractivity contribution in [2.45, 2.75) is 13.3 Å². The van der Waals surface area contributed by atoms with Crippen LogP contribution in [0.25, 0.3) is 16.7 Å². The van der Waals surface area contributed by atoms with E-state index in [0.717, 1.165) is 23.3 Å². The highest BCUT2D eigenvalue weighted by Gasteiger charge is 2.17. The first kappa shape index (κ1) is 17.4. The van der Waals surface area contributed by atoms with Crippen LogP contribution in [0.1, 0.15) is 12.7 Å². The third-order valence-electron chi connectivity index (χ3n) is 4.34. The van der Waals surface area contributed by atoms with Gasteiger partial charge < -0.3 is 14.8 Å². The maximum absolute atomic E-state index is 6.20. The van der Waals surface area contributed by atoms with Crippen LogP contribution in [0, 0.1) is 0 Å². The average molecular weight is 384 g/mol. The molecule has 1 N–H and O–H groups in total. The fraction of sp³-hybridized carbons (Fsp3) is 0.211. The smallest absolute Gasteiger partial charge is 0.204 e.